The molecular weight excluding hydrogens is 474 g/mol. The largest absolute Gasteiger partial charge is 0.497 e. The fourth-order valence-corrected chi connectivity index (χ4v) is 4.73. The van der Waals surface area contributed by atoms with Crippen molar-refractivity contribution in [2.24, 2.45) is 0 Å². The summed E-state index contributed by atoms with van der Waals surface area (Å²) in [5.74, 6) is 0.192. The Labute approximate surface area is 217 Å². The Morgan fingerprint density at radius 3 is 2.41 bits per heavy atom. The van der Waals surface area contributed by atoms with Gasteiger partial charge < -0.3 is 25.0 Å². The van der Waals surface area contributed by atoms with Crippen molar-refractivity contribution >= 4 is 23.4 Å². The molecule has 0 bridgehead atoms. The molecule has 0 aromatic heterocycles. The van der Waals surface area contributed by atoms with Gasteiger partial charge >= 0.3 is 0 Å². The first kappa shape index (κ1) is 26.4. The van der Waals surface area contributed by atoms with E-state index in [9.17, 15) is 14.4 Å². The van der Waals surface area contributed by atoms with Gasteiger partial charge in [-0.25, -0.2) is 0 Å². The van der Waals surface area contributed by atoms with Crippen molar-refractivity contribution in [2.75, 3.05) is 65.3 Å². The predicted octanol–water partition coefficient (Wildman–Crippen LogP) is 1.18. The van der Waals surface area contributed by atoms with Crippen molar-refractivity contribution in [2.45, 2.75) is 19.0 Å². The van der Waals surface area contributed by atoms with Crippen molar-refractivity contribution in [1.82, 2.24) is 20.0 Å². The number of piperazine rings is 2. The van der Waals surface area contributed by atoms with Gasteiger partial charge in [-0.1, -0.05) is 30.3 Å². The van der Waals surface area contributed by atoms with Crippen LogP contribution < -0.4 is 20.1 Å². The highest BCUT2D eigenvalue weighted by molar-refractivity contribution is 5.98. The van der Waals surface area contributed by atoms with Crippen LogP contribution in [0.15, 0.2) is 48.5 Å². The van der Waals surface area contributed by atoms with Gasteiger partial charge in [0.25, 0.3) is 0 Å². The van der Waals surface area contributed by atoms with Gasteiger partial charge in [0.2, 0.25) is 17.7 Å². The summed E-state index contributed by atoms with van der Waals surface area (Å²) in [6.07, 6.45) is -0.150. The molecule has 0 spiro atoms. The van der Waals surface area contributed by atoms with E-state index in [1.807, 2.05) is 18.2 Å². The number of hydrogen-bond donors (Lipinski definition) is 2. The topological polar surface area (TPSA) is 103 Å². The Morgan fingerprint density at radius 2 is 1.70 bits per heavy atom. The smallest absolute Gasteiger partial charge is 0.243 e. The van der Waals surface area contributed by atoms with Gasteiger partial charge in [0.1, 0.15) is 17.5 Å². The van der Waals surface area contributed by atoms with Crippen LogP contribution in [0, 0.1) is 0 Å². The third-order valence-electron chi connectivity index (χ3n) is 6.78. The number of amides is 3. The Morgan fingerprint density at radius 1 is 0.973 bits per heavy atom. The van der Waals surface area contributed by atoms with E-state index >= 15 is 0 Å². The average Bonchev–Trinajstić information content (AvgIpc) is 2.91. The molecule has 0 radical (unpaired) electrons. The van der Waals surface area contributed by atoms with Crippen LogP contribution in [0.5, 0.6) is 11.5 Å². The molecule has 10 nitrogen and oxygen atoms in total. The number of nitrogens with one attached hydrogen (secondary N) is 2. The predicted molar refractivity (Wildman–Crippen MR) is 139 cm³/mol. The molecule has 4 rings (SSSR count). The lowest BCUT2D eigenvalue weighted by molar-refractivity contribution is -0.145. The highest BCUT2D eigenvalue weighted by atomic mass is 16.5. The molecule has 2 saturated heterocycles. The number of benzene rings is 2. The van der Waals surface area contributed by atoms with Gasteiger partial charge in [-0.05, 0) is 17.7 Å². The lowest BCUT2D eigenvalue weighted by Gasteiger charge is -2.38. The standard InChI is InChI=1S/C27H35N5O5/c1-36-21-8-9-24(37-2)22(16-21)29-25(33)17-23-27(35)28-10-11-32(23)26(34)19-31-14-12-30(13-15-31)18-20-6-4-3-5-7-20/h3-9,16,23H,10-15,17-19H2,1-2H3,(H,28,35)(H,29,33)/t23-/m0/s1. The minimum atomic E-state index is -0.864. The molecule has 2 aliphatic rings. The third kappa shape index (κ3) is 6.99. The summed E-state index contributed by atoms with van der Waals surface area (Å²) >= 11 is 0. The van der Waals surface area contributed by atoms with Crippen molar-refractivity contribution in [3.05, 3.63) is 54.1 Å². The number of hydrogen-bond acceptors (Lipinski definition) is 7. The summed E-state index contributed by atoms with van der Waals surface area (Å²) < 4.78 is 10.5. The van der Waals surface area contributed by atoms with Crippen LogP contribution in [0.3, 0.4) is 0 Å². The zero-order chi connectivity index (χ0) is 26.2. The zero-order valence-corrected chi connectivity index (χ0v) is 21.4. The van der Waals surface area contributed by atoms with E-state index in [2.05, 4.69) is 32.6 Å². The summed E-state index contributed by atoms with van der Waals surface area (Å²) in [7, 11) is 3.04. The molecule has 2 aromatic rings. The van der Waals surface area contributed by atoms with Crippen molar-refractivity contribution in [1.29, 1.82) is 0 Å². The quantitative estimate of drug-likeness (QED) is 0.523. The van der Waals surface area contributed by atoms with Crippen LogP contribution in [0.4, 0.5) is 5.69 Å². The summed E-state index contributed by atoms with van der Waals surface area (Å²) in [6, 6.07) is 14.6. The molecule has 2 heterocycles. The number of rotatable bonds is 9. The average molecular weight is 510 g/mol. The molecule has 2 N–H and O–H groups in total. The Balaban J connectivity index is 1.32. The lowest BCUT2D eigenvalue weighted by atomic mass is 10.1. The molecule has 2 aliphatic heterocycles. The Bertz CT molecular complexity index is 1090. The maximum Gasteiger partial charge on any atom is 0.243 e. The number of carbonyl (C=O) groups is 3. The summed E-state index contributed by atoms with van der Waals surface area (Å²) in [5.41, 5.74) is 1.72. The van der Waals surface area contributed by atoms with Gasteiger partial charge in [0, 0.05) is 51.9 Å². The van der Waals surface area contributed by atoms with E-state index in [0.29, 0.717) is 30.3 Å². The maximum atomic E-state index is 13.2. The molecule has 0 saturated carbocycles. The highest BCUT2D eigenvalue weighted by Gasteiger charge is 2.35. The molecule has 37 heavy (non-hydrogen) atoms. The molecule has 198 valence electrons. The number of methoxy groups -OCH3 is 2. The second-order valence-electron chi connectivity index (χ2n) is 9.25. The number of anilines is 1. The Kier molecular flexibility index (Phi) is 8.97. The van der Waals surface area contributed by atoms with Gasteiger partial charge in [-0.2, -0.15) is 0 Å². The van der Waals surface area contributed by atoms with Crippen LogP contribution in [0.2, 0.25) is 0 Å². The van der Waals surface area contributed by atoms with Crippen molar-refractivity contribution in [3.8, 4) is 11.5 Å². The fraction of sp³-hybridized carbons (Fsp3) is 0.444. The minimum absolute atomic E-state index is 0.136. The number of ether oxygens (including phenoxy) is 2. The summed E-state index contributed by atoms with van der Waals surface area (Å²) in [4.78, 5) is 44.9. The van der Waals surface area contributed by atoms with E-state index in [-0.39, 0.29) is 30.7 Å². The van der Waals surface area contributed by atoms with Crippen LogP contribution in [-0.4, -0.2) is 98.5 Å². The third-order valence-corrected chi connectivity index (χ3v) is 6.78. The first-order chi connectivity index (χ1) is 18.0. The molecule has 0 aliphatic carbocycles. The SMILES string of the molecule is COc1ccc(OC)c(NC(=O)C[C@H]2C(=O)NCCN2C(=O)CN2CCN(Cc3ccccc3)CC2)c1. The monoisotopic (exact) mass is 509 g/mol. The molecule has 1 atom stereocenters. The van der Waals surface area contributed by atoms with Crippen molar-refractivity contribution < 1.29 is 23.9 Å². The van der Waals surface area contributed by atoms with Crippen molar-refractivity contribution in [3.63, 3.8) is 0 Å². The van der Waals surface area contributed by atoms with E-state index in [0.717, 1.165) is 32.7 Å². The van der Waals surface area contributed by atoms with Crippen LogP contribution in [0.1, 0.15) is 12.0 Å². The van der Waals surface area contributed by atoms with Gasteiger partial charge in [0.15, 0.2) is 0 Å². The minimum Gasteiger partial charge on any atom is -0.497 e. The normalized spacial score (nSPS) is 18.7. The molecule has 2 fully saturated rings. The van der Waals surface area contributed by atoms with Gasteiger partial charge in [-0.15, -0.1) is 0 Å². The first-order valence-electron chi connectivity index (χ1n) is 12.5. The lowest BCUT2D eigenvalue weighted by Crippen LogP contribution is -2.60. The van der Waals surface area contributed by atoms with E-state index in [4.69, 9.17) is 9.47 Å². The molecule has 0 unspecified atom stereocenters. The molecule has 2 aromatic carbocycles. The van der Waals surface area contributed by atoms with E-state index < -0.39 is 6.04 Å². The van der Waals surface area contributed by atoms with Gasteiger partial charge in [-0.3, -0.25) is 24.2 Å². The molecular formula is C27H35N5O5. The Hall–Kier alpha value is -3.63. The number of nitrogens with zero attached hydrogens (tertiary/aromatic N) is 3. The van der Waals surface area contributed by atoms with Crippen LogP contribution in [0.25, 0.3) is 0 Å². The first-order valence-corrected chi connectivity index (χ1v) is 12.5. The van der Waals surface area contributed by atoms with Gasteiger partial charge in [0.05, 0.1) is 32.9 Å². The summed E-state index contributed by atoms with van der Waals surface area (Å²) in [5, 5.41) is 5.57. The van der Waals surface area contributed by atoms with Crippen LogP contribution in [-0.2, 0) is 20.9 Å². The number of carbonyl (C=O) groups excluding carboxylic acids is 3. The maximum absolute atomic E-state index is 13.2. The zero-order valence-electron chi connectivity index (χ0n) is 21.4. The second-order valence-corrected chi connectivity index (χ2v) is 9.25. The molecule has 10 heteroatoms. The summed E-state index contributed by atoms with van der Waals surface area (Å²) in [6.45, 7) is 5.17. The van der Waals surface area contributed by atoms with Crippen LogP contribution >= 0.6 is 0 Å². The molecule has 3 amide bonds. The van der Waals surface area contributed by atoms with E-state index in [1.54, 1.807) is 18.2 Å². The second kappa shape index (κ2) is 12.6. The highest BCUT2D eigenvalue weighted by Crippen LogP contribution is 2.29. The fourth-order valence-electron chi connectivity index (χ4n) is 4.73. The van der Waals surface area contributed by atoms with E-state index in [1.165, 1.54) is 24.7 Å².